The van der Waals surface area contributed by atoms with E-state index in [0.717, 1.165) is 24.8 Å². The van der Waals surface area contributed by atoms with E-state index in [9.17, 15) is 9.59 Å². The van der Waals surface area contributed by atoms with Crippen LogP contribution in [0.4, 0.5) is 11.6 Å². The summed E-state index contributed by atoms with van der Waals surface area (Å²) in [6, 6.07) is 19.0. The Bertz CT molecular complexity index is 1050. The van der Waals surface area contributed by atoms with Gasteiger partial charge in [-0.25, -0.2) is 4.68 Å². The molecule has 0 atom stereocenters. The standard InChI is InChI=1S/C23H27N7O2/c24-22-26-27-28-30(22)17-20(31)29(16-18-10-4-1-5-11-18)23(14-8-3-9-15-23)21(32)25-19-12-6-2-7-13-19/h1-2,4-7,10-13H,3,8-9,14-17H2,(H,25,32)(H2,24,26,28). The van der Waals surface area contributed by atoms with Gasteiger partial charge in [0.15, 0.2) is 0 Å². The maximum Gasteiger partial charge on any atom is 0.250 e. The maximum atomic E-state index is 13.7. The number of nitrogen functional groups attached to an aromatic ring is 1. The number of amides is 2. The Hall–Kier alpha value is -3.75. The Kier molecular flexibility index (Phi) is 6.44. The number of hydrogen-bond donors (Lipinski definition) is 2. The zero-order chi connectivity index (χ0) is 22.4. The smallest absolute Gasteiger partial charge is 0.250 e. The maximum absolute atomic E-state index is 13.7. The van der Waals surface area contributed by atoms with E-state index in [2.05, 4.69) is 20.8 Å². The topological polar surface area (TPSA) is 119 Å². The van der Waals surface area contributed by atoms with Crippen LogP contribution in [0.15, 0.2) is 60.7 Å². The number of anilines is 2. The van der Waals surface area contributed by atoms with Gasteiger partial charge >= 0.3 is 0 Å². The zero-order valence-electron chi connectivity index (χ0n) is 17.9. The van der Waals surface area contributed by atoms with E-state index in [4.69, 9.17) is 5.73 Å². The van der Waals surface area contributed by atoms with E-state index < -0.39 is 5.54 Å². The van der Waals surface area contributed by atoms with Crippen molar-refractivity contribution in [2.24, 2.45) is 0 Å². The molecule has 1 aliphatic rings. The van der Waals surface area contributed by atoms with Gasteiger partial charge in [-0.05, 0) is 41.0 Å². The summed E-state index contributed by atoms with van der Waals surface area (Å²) in [5.41, 5.74) is 6.48. The largest absolute Gasteiger partial charge is 0.367 e. The summed E-state index contributed by atoms with van der Waals surface area (Å²) in [4.78, 5) is 29.0. The third-order valence-corrected chi connectivity index (χ3v) is 5.98. The van der Waals surface area contributed by atoms with Gasteiger partial charge in [0.05, 0.1) is 0 Å². The Morgan fingerprint density at radius 3 is 2.28 bits per heavy atom. The summed E-state index contributed by atoms with van der Waals surface area (Å²) in [6.45, 7) is 0.177. The summed E-state index contributed by atoms with van der Waals surface area (Å²) in [7, 11) is 0. The second-order valence-electron chi connectivity index (χ2n) is 8.07. The summed E-state index contributed by atoms with van der Waals surface area (Å²) in [6.07, 6.45) is 3.96. The monoisotopic (exact) mass is 433 g/mol. The van der Waals surface area contributed by atoms with Crippen molar-refractivity contribution in [3.63, 3.8) is 0 Å². The average molecular weight is 434 g/mol. The highest BCUT2D eigenvalue weighted by Gasteiger charge is 2.47. The first-order valence-corrected chi connectivity index (χ1v) is 10.8. The van der Waals surface area contributed by atoms with Gasteiger partial charge in [-0.2, -0.15) is 0 Å². The molecule has 1 aliphatic carbocycles. The molecule has 2 amide bonds. The molecule has 0 saturated heterocycles. The number of para-hydroxylation sites is 1. The molecule has 2 aromatic carbocycles. The number of tetrazole rings is 1. The van der Waals surface area contributed by atoms with Gasteiger partial charge in [-0.3, -0.25) is 9.59 Å². The quantitative estimate of drug-likeness (QED) is 0.591. The molecule has 3 N–H and O–H groups in total. The first-order valence-electron chi connectivity index (χ1n) is 10.8. The number of benzene rings is 2. The van der Waals surface area contributed by atoms with E-state index in [0.29, 0.717) is 25.1 Å². The van der Waals surface area contributed by atoms with E-state index in [-0.39, 0.29) is 24.3 Å². The molecule has 0 radical (unpaired) electrons. The number of aromatic nitrogens is 4. The summed E-state index contributed by atoms with van der Waals surface area (Å²) >= 11 is 0. The minimum atomic E-state index is -0.968. The van der Waals surface area contributed by atoms with Crippen LogP contribution >= 0.6 is 0 Å². The summed E-state index contributed by atoms with van der Waals surface area (Å²) in [5.74, 6) is -0.361. The molecule has 166 valence electrons. The fourth-order valence-corrected chi connectivity index (χ4v) is 4.31. The van der Waals surface area contributed by atoms with Crippen LogP contribution in [0.3, 0.4) is 0 Å². The van der Waals surface area contributed by atoms with Crippen molar-refractivity contribution in [2.45, 2.75) is 50.7 Å². The van der Waals surface area contributed by atoms with Crippen LogP contribution in [-0.4, -0.2) is 42.5 Å². The fourth-order valence-electron chi connectivity index (χ4n) is 4.31. The lowest BCUT2D eigenvalue weighted by Crippen LogP contribution is -2.60. The van der Waals surface area contributed by atoms with Gasteiger partial charge in [-0.15, -0.1) is 0 Å². The molecule has 9 nitrogen and oxygen atoms in total. The molecule has 0 spiro atoms. The number of nitrogens with zero attached hydrogens (tertiary/aromatic N) is 5. The lowest BCUT2D eigenvalue weighted by Gasteiger charge is -2.45. The molecular weight excluding hydrogens is 406 g/mol. The molecule has 32 heavy (non-hydrogen) atoms. The van der Waals surface area contributed by atoms with Crippen LogP contribution in [-0.2, 0) is 22.7 Å². The third-order valence-electron chi connectivity index (χ3n) is 5.98. The van der Waals surface area contributed by atoms with E-state index >= 15 is 0 Å². The highest BCUT2D eigenvalue weighted by Crippen LogP contribution is 2.36. The van der Waals surface area contributed by atoms with Crippen molar-refractivity contribution in [1.82, 2.24) is 25.1 Å². The van der Waals surface area contributed by atoms with Crippen molar-refractivity contribution in [2.75, 3.05) is 11.1 Å². The fraction of sp³-hybridized carbons (Fsp3) is 0.348. The van der Waals surface area contributed by atoms with E-state index in [1.807, 2.05) is 60.7 Å². The molecular formula is C23H27N7O2. The van der Waals surface area contributed by atoms with Gasteiger partial charge < -0.3 is 16.0 Å². The van der Waals surface area contributed by atoms with Crippen molar-refractivity contribution in [3.8, 4) is 0 Å². The minimum Gasteiger partial charge on any atom is -0.367 e. The van der Waals surface area contributed by atoms with Crippen LogP contribution < -0.4 is 11.1 Å². The average Bonchev–Trinajstić information content (AvgIpc) is 3.23. The van der Waals surface area contributed by atoms with Crippen LogP contribution in [0.2, 0.25) is 0 Å². The number of rotatable bonds is 7. The predicted octanol–water partition coefficient (Wildman–Crippen LogP) is 2.63. The Labute approximate surface area is 186 Å². The Morgan fingerprint density at radius 1 is 1.00 bits per heavy atom. The number of carbonyl (C=O) groups is 2. The second-order valence-corrected chi connectivity index (χ2v) is 8.07. The van der Waals surface area contributed by atoms with Crippen LogP contribution in [0.25, 0.3) is 0 Å². The molecule has 9 heteroatoms. The van der Waals surface area contributed by atoms with Gasteiger partial charge in [0, 0.05) is 12.2 Å². The number of nitrogens with two attached hydrogens (primary N) is 1. The molecule has 3 aromatic rings. The van der Waals surface area contributed by atoms with Crippen LogP contribution in [0, 0.1) is 0 Å². The molecule has 1 heterocycles. The molecule has 4 rings (SSSR count). The van der Waals surface area contributed by atoms with Crippen molar-refractivity contribution in [1.29, 1.82) is 0 Å². The van der Waals surface area contributed by atoms with Crippen molar-refractivity contribution in [3.05, 3.63) is 66.2 Å². The van der Waals surface area contributed by atoms with Crippen molar-refractivity contribution < 1.29 is 9.59 Å². The molecule has 1 fully saturated rings. The van der Waals surface area contributed by atoms with Crippen LogP contribution in [0.5, 0.6) is 0 Å². The summed E-state index contributed by atoms with van der Waals surface area (Å²) < 4.78 is 1.26. The van der Waals surface area contributed by atoms with E-state index in [1.54, 1.807) is 4.90 Å². The SMILES string of the molecule is Nc1nnnn1CC(=O)N(Cc1ccccc1)C1(C(=O)Nc2ccccc2)CCCCC1. The Morgan fingerprint density at radius 2 is 1.66 bits per heavy atom. The summed E-state index contributed by atoms with van der Waals surface area (Å²) in [5, 5.41) is 14.0. The first kappa shape index (κ1) is 21.5. The molecule has 1 saturated carbocycles. The highest BCUT2D eigenvalue weighted by atomic mass is 16.2. The van der Waals surface area contributed by atoms with Crippen molar-refractivity contribution >= 4 is 23.5 Å². The predicted molar refractivity (Wildman–Crippen MR) is 120 cm³/mol. The number of carbonyl (C=O) groups excluding carboxylic acids is 2. The van der Waals surface area contributed by atoms with Gasteiger partial charge in [0.25, 0.3) is 0 Å². The third kappa shape index (κ3) is 4.61. The number of nitrogens with one attached hydrogen (secondary N) is 1. The van der Waals surface area contributed by atoms with E-state index in [1.165, 1.54) is 4.68 Å². The lowest BCUT2D eigenvalue weighted by atomic mass is 9.78. The molecule has 0 aliphatic heterocycles. The molecule has 0 bridgehead atoms. The first-order chi connectivity index (χ1) is 15.6. The van der Waals surface area contributed by atoms with Gasteiger partial charge in [0.1, 0.15) is 12.1 Å². The highest BCUT2D eigenvalue weighted by molar-refractivity contribution is 6.00. The normalized spacial score (nSPS) is 15.1. The van der Waals surface area contributed by atoms with Crippen LogP contribution in [0.1, 0.15) is 37.7 Å². The molecule has 0 unspecified atom stereocenters. The second kappa shape index (κ2) is 9.59. The number of hydrogen-bond acceptors (Lipinski definition) is 6. The molecule has 1 aromatic heterocycles. The van der Waals surface area contributed by atoms with Gasteiger partial charge in [0.2, 0.25) is 17.8 Å². The lowest BCUT2D eigenvalue weighted by molar-refractivity contribution is -0.149. The zero-order valence-corrected chi connectivity index (χ0v) is 17.9. The minimum absolute atomic E-state index is 0.0597. The Balaban J connectivity index is 1.69. The van der Waals surface area contributed by atoms with Gasteiger partial charge in [-0.1, -0.05) is 72.9 Å².